The van der Waals surface area contributed by atoms with Gasteiger partial charge in [0.25, 0.3) is 5.91 Å². The molecule has 0 fully saturated rings. The van der Waals surface area contributed by atoms with Crippen LogP contribution in [0.3, 0.4) is 0 Å². The van der Waals surface area contributed by atoms with Crippen LogP contribution in [-0.2, 0) is 24.3 Å². The molecule has 0 atom stereocenters. The summed E-state index contributed by atoms with van der Waals surface area (Å²) in [5, 5.41) is 14.7. The monoisotopic (exact) mass is 515 g/mol. The third kappa shape index (κ3) is 8.64. The van der Waals surface area contributed by atoms with Crippen molar-refractivity contribution in [1.29, 1.82) is 0 Å². The number of nitrogens with two attached hydrogens (primary N) is 2. The lowest BCUT2D eigenvalue weighted by Crippen LogP contribution is -2.34. The average molecular weight is 516 g/mol. The Morgan fingerprint density at radius 2 is 2.06 bits per heavy atom. The fourth-order valence-electron chi connectivity index (χ4n) is 3.17. The van der Waals surface area contributed by atoms with Crippen LogP contribution in [0, 0.1) is 5.82 Å². The van der Waals surface area contributed by atoms with E-state index in [1.165, 1.54) is 40.3 Å². The Hall–Kier alpha value is -4.03. The van der Waals surface area contributed by atoms with Crippen LogP contribution in [0.2, 0.25) is 5.02 Å². The zero-order chi connectivity index (χ0) is 25.9. The average Bonchev–Trinajstić information content (AvgIpc) is 3.32. The highest BCUT2D eigenvalue weighted by atomic mass is 35.5. The molecule has 0 bridgehead atoms. The van der Waals surface area contributed by atoms with Crippen LogP contribution < -0.4 is 22.2 Å². The van der Waals surface area contributed by atoms with Crippen molar-refractivity contribution >= 4 is 23.4 Å². The molecule has 0 aliphatic heterocycles. The maximum Gasteiger partial charge on any atom is 0.273 e. The molecule has 0 radical (unpaired) electrons. The predicted molar refractivity (Wildman–Crippen MR) is 131 cm³/mol. The fourth-order valence-corrected chi connectivity index (χ4v) is 3.37. The molecule has 0 spiro atoms. The van der Waals surface area contributed by atoms with Crippen molar-refractivity contribution in [2.45, 2.75) is 32.4 Å². The third-order valence-electron chi connectivity index (χ3n) is 4.93. The number of aromatic nitrogens is 4. The van der Waals surface area contributed by atoms with Gasteiger partial charge in [0.15, 0.2) is 5.69 Å². The summed E-state index contributed by atoms with van der Waals surface area (Å²) in [6.45, 7) is 0.964. The summed E-state index contributed by atoms with van der Waals surface area (Å²) in [6, 6.07) is 9.46. The van der Waals surface area contributed by atoms with Crippen molar-refractivity contribution in [1.82, 2.24) is 35.6 Å². The normalized spacial score (nSPS) is 11.2. The molecule has 36 heavy (non-hydrogen) atoms. The van der Waals surface area contributed by atoms with Crippen molar-refractivity contribution in [3.05, 3.63) is 88.6 Å². The molecule has 190 valence electrons. The second-order valence-electron chi connectivity index (χ2n) is 7.86. The number of nitrogens with one attached hydrogen (secondary N) is 2. The van der Waals surface area contributed by atoms with Crippen LogP contribution in [0.1, 0.15) is 34.6 Å². The lowest BCUT2D eigenvalue weighted by molar-refractivity contribution is -0.119. The van der Waals surface area contributed by atoms with Gasteiger partial charge in [0.2, 0.25) is 5.91 Å². The van der Waals surface area contributed by atoms with Gasteiger partial charge in [0.05, 0.1) is 18.8 Å². The Morgan fingerprint density at radius 1 is 1.22 bits per heavy atom. The van der Waals surface area contributed by atoms with Gasteiger partial charge in [-0.2, -0.15) is 0 Å². The molecule has 11 nitrogen and oxygen atoms in total. The molecule has 0 saturated carbocycles. The van der Waals surface area contributed by atoms with E-state index in [9.17, 15) is 14.0 Å². The molecule has 2 heterocycles. The minimum absolute atomic E-state index is 0.0231. The zero-order valence-electron chi connectivity index (χ0n) is 19.4. The molecule has 13 heteroatoms. The number of halogens is 2. The van der Waals surface area contributed by atoms with Gasteiger partial charge in [-0.3, -0.25) is 19.3 Å². The number of hydrogen-bond donors (Lipinski definition) is 4. The van der Waals surface area contributed by atoms with E-state index in [0.29, 0.717) is 36.6 Å². The van der Waals surface area contributed by atoms with E-state index in [-0.39, 0.29) is 36.0 Å². The summed E-state index contributed by atoms with van der Waals surface area (Å²) in [5.74, 6) is 4.82. The largest absolute Gasteiger partial charge is 0.384 e. The van der Waals surface area contributed by atoms with Crippen molar-refractivity contribution in [3.63, 3.8) is 0 Å². The highest BCUT2D eigenvalue weighted by Gasteiger charge is 2.12. The van der Waals surface area contributed by atoms with Gasteiger partial charge in [0, 0.05) is 42.1 Å². The number of carbonyl (C=O) groups is 2. The number of nitrogens with zero attached hydrogens (tertiary/aromatic N) is 5. The Kier molecular flexibility index (Phi) is 9.72. The van der Waals surface area contributed by atoms with Gasteiger partial charge in [-0.05, 0) is 43.2 Å². The Balaban J connectivity index is 1.35. The van der Waals surface area contributed by atoms with E-state index < -0.39 is 11.7 Å². The quantitative estimate of drug-likeness (QED) is 0.160. The number of carbonyl (C=O) groups excluding carboxylic acids is 2. The lowest BCUT2D eigenvalue weighted by Gasteiger charge is -2.15. The summed E-state index contributed by atoms with van der Waals surface area (Å²) in [6.07, 6.45) is 6.07. The van der Waals surface area contributed by atoms with Crippen molar-refractivity contribution in [2.75, 3.05) is 6.54 Å². The van der Waals surface area contributed by atoms with E-state index >= 15 is 0 Å². The van der Waals surface area contributed by atoms with Crippen LogP contribution in [-0.4, -0.2) is 43.3 Å². The number of unbranched alkanes of at least 4 members (excludes halogenated alkanes) is 1. The van der Waals surface area contributed by atoms with Crippen LogP contribution in [0.5, 0.6) is 0 Å². The van der Waals surface area contributed by atoms with Gasteiger partial charge in [-0.25, -0.2) is 10.2 Å². The number of benzene rings is 1. The summed E-state index contributed by atoms with van der Waals surface area (Å²) in [5.41, 5.74) is 6.86. The molecule has 0 aliphatic carbocycles. The van der Waals surface area contributed by atoms with Crippen LogP contribution in [0.4, 0.5) is 4.39 Å². The summed E-state index contributed by atoms with van der Waals surface area (Å²) in [4.78, 5) is 28.4. The van der Waals surface area contributed by atoms with Gasteiger partial charge in [0.1, 0.15) is 11.6 Å². The van der Waals surface area contributed by atoms with Crippen molar-refractivity contribution < 1.29 is 14.0 Å². The third-order valence-corrected chi connectivity index (χ3v) is 5.16. The Labute approximate surface area is 212 Å². The molecule has 0 aliphatic rings. The summed E-state index contributed by atoms with van der Waals surface area (Å²) < 4.78 is 15.3. The zero-order valence-corrected chi connectivity index (χ0v) is 20.2. The topological polar surface area (TPSA) is 157 Å². The van der Waals surface area contributed by atoms with Crippen molar-refractivity contribution in [2.24, 2.45) is 11.6 Å². The van der Waals surface area contributed by atoms with E-state index in [4.69, 9.17) is 23.2 Å². The lowest BCUT2D eigenvalue weighted by atomic mass is 10.2. The van der Waals surface area contributed by atoms with E-state index in [1.807, 2.05) is 0 Å². The molecule has 1 aromatic carbocycles. The molecular weight excluding hydrogens is 489 g/mol. The number of hydrogen-bond acceptors (Lipinski definition) is 8. The predicted octanol–water partition coefficient (Wildman–Crippen LogP) is 1.47. The number of pyridine rings is 1. The molecule has 6 N–H and O–H groups in total. The van der Waals surface area contributed by atoms with Crippen LogP contribution in [0.25, 0.3) is 0 Å². The van der Waals surface area contributed by atoms with Gasteiger partial charge in [-0.1, -0.05) is 22.9 Å². The second-order valence-corrected chi connectivity index (χ2v) is 8.30. The first-order valence-corrected chi connectivity index (χ1v) is 11.5. The van der Waals surface area contributed by atoms with Gasteiger partial charge >= 0.3 is 0 Å². The van der Waals surface area contributed by atoms with Crippen LogP contribution in [0.15, 0.2) is 60.8 Å². The van der Waals surface area contributed by atoms with Crippen LogP contribution >= 0.6 is 11.6 Å². The number of rotatable bonds is 12. The maximum absolute atomic E-state index is 13.8. The molecule has 2 aromatic heterocycles. The van der Waals surface area contributed by atoms with Gasteiger partial charge < -0.3 is 21.4 Å². The highest BCUT2D eigenvalue weighted by molar-refractivity contribution is 6.30. The molecule has 2 amide bonds. The Bertz CT molecular complexity index is 1200. The molecular formula is C23H27ClFN9O2. The number of hydrazine groups is 1. The molecule has 0 unspecified atom stereocenters. The molecule has 3 aromatic rings. The summed E-state index contributed by atoms with van der Waals surface area (Å²) >= 11 is 5.86. The minimum Gasteiger partial charge on any atom is -0.384 e. The first kappa shape index (κ1) is 26.6. The van der Waals surface area contributed by atoms with E-state index in [1.54, 1.807) is 24.4 Å². The Morgan fingerprint density at radius 3 is 2.83 bits per heavy atom. The second kappa shape index (κ2) is 13.2. The van der Waals surface area contributed by atoms with Crippen molar-refractivity contribution in [3.8, 4) is 0 Å². The van der Waals surface area contributed by atoms with E-state index in [2.05, 4.69) is 25.9 Å². The van der Waals surface area contributed by atoms with Gasteiger partial charge in [-0.15, -0.1) is 5.10 Å². The fraction of sp³-hybridized carbons (Fsp3) is 0.261. The summed E-state index contributed by atoms with van der Waals surface area (Å²) in [7, 11) is 0. The van der Waals surface area contributed by atoms with E-state index in [0.717, 1.165) is 0 Å². The SMILES string of the molecule is N/C(=C\N(N)CCCCn1cc(C(=O)NCc2cc(Cl)ccc2F)nn1)NC(=O)Cc1ccccn1. The first-order valence-electron chi connectivity index (χ1n) is 11.1. The smallest absolute Gasteiger partial charge is 0.273 e. The number of amides is 2. The maximum atomic E-state index is 13.8. The minimum atomic E-state index is -0.473. The molecule has 0 saturated heterocycles. The molecule has 3 rings (SSSR count). The standard InChI is InChI=1S/C23H27ClFN9O2/c24-17-6-7-19(25)16(11-17)13-29-23(36)20-14-34(32-31-20)10-4-3-9-33(27)15-21(26)30-22(35)12-18-5-1-2-8-28-18/h1-2,5-8,11,14-15H,3-4,9-10,12-13,26-27H2,(H,29,36)(H,30,35)/b21-15+. The number of aryl methyl sites for hydroxylation is 1. The first-order chi connectivity index (χ1) is 17.3. The highest BCUT2D eigenvalue weighted by Crippen LogP contribution is 2.14.